The highest BCUT2D eigenvalue weighted by molar-refractivity contribution is 5.81. The quantitative estimate of drug-likeness (QED) is 0.874. The summed E-state index contributed by atoms with van der Waals surface area (Å²) in [6.45, 7) is 7.68. The molecule has 0 aromatic heterocycles. The summed E-state index contributed by atoms with van der Waals surface area (Å²) in [6, 6.07) is 7.72. The molecular weight excluding hydrogens is 214 g/mol. The molecule has 1 rings (SSSR count). The third-order valence-electron chi connectivity index (χ3n) is 2.62. The topological polar surface area (TPSA) is 38.3 Å². The summed E-state index contributed by atoms with van der Waals surface area (Å²) in [5.41, 5.74) is 0.676. The zero-order chi connectivity index (χ0) is 13.1. The molecule has 0 aliphatic carbocycles. The van der Waals surface area contributed by atoms with Crippen LogP contribution in [0.3, 0.4) is 0 Å². The predicted octanol–water partition coefficient (Wildman–Crippen LogP) is 2.92. The van der Waals surface area contributed by atoms with E-state index in [4.69, 9.17) is 4.74 Å². The van der Waals surface area contributed by atoms with Gasteiger partial charge in [0, 0.05) is 5.41 Å². The third-order valence-corrected chi connectivity index (χ3v) is 2.62. The van der Waals surface area contributed by atoms with E-state index in [9.17, 15) is 4.79 Å². The molecule has 1 aromatic carbocycles. The zero-order valence-electron chi connectivity index (χ0n) is 11.2. The Morgan fingerprint density at radius 3 is 2.53 bits per heavy atom. The molecule has 0 heterocycles. The van der Waals surface area contributed by atoms with Crippen molar-refractivity contribution in [1.82, 2.24) is 5.32 Å². The van der Waals surface area contributed by atoms with Gasteiger partial charge in [0.15, 0.2) is 0 Å². The van der Waals surface area contributed by atoms with Crippen LogP contribution in [0.1, 0.15) is 39.3 Å². The molecule has 3 nitrogen and oxygen atoms in total. The average molecular weight is 235 g/mol. The Bertz CT molecular complexity index is 393. The van der Waals surface area contributed by atoms with Crippen molar-refractivity contribution in [3.8, 4) is 5.75 Å². The lowest BCUT2D eigenvalue weighted by molar-refractivity contribution is -0.129. The van der Waals surface area contributed by atoms with Crippen LogP contribution >= 0.6 is 0 Å². The summed E-state index contributed by atoms with van der Waals surface area (Å²) in [6.07, 6.45) is 0. The molecule has 1 amide bonds. The van der Waals surface area contributed by atoms with E-state index in [0.29, 0.717) is 0 Å². The van der Waals surface area contributed by atoms with Gasteiger partial charge in [-0.25, -0.2) is 0 Å². The molecule has 3 heteroatoms. The highest BCUT2D eigenvalue weighted by atomic mass is 16.5. The lowest BCUT2D eigenvalue weighted by atomic mass is 9.94. The molecule has 0 saturated heterocycles. The largest absolute Gasteiger partial charge is 0.497 e. The minimum absolute atomic E-state index is 0.0168. The van der Waals surface area contributed by atoms with E-state index >= 15 is 0 Å². The first kappa shape index (κ1) is 13.6. The molecule has 0 radical (unpaired) electrons. The summed E-state index contributed by atoms with van der Waals surface area (Å²) < 4.78 is 5.16. The lowest BCUT2D eigenvalue weighted by Crippen LogP contribution is -2.36. The highest BCUT2D eigenvalue weighted by Gasteiger charge is 2.22. The van der Waals surface area contributed by atoms with E-state index in [1.165, 1.54) is 0 Å². The molecule has 0 spiro atoms. The van der Waals surface area contributed by atoms with Crippen LogP contribution in [-0.4, -0.2) is 13.0 Å². The monoisotopic (exact) mass is 235 g/mol. The molecule has 0 bridgehead atoms. The van der Waals surface area contributed by atoms with Gasteiger partial charge in [0.05, 0.1) is 13.2 Å². The number of rotatable bonds is 3. The molecule has 1 atom stereocenters. The number of hydrogen-bond acceptors (Lipinski definition) is 2. The van der Waals surface area contributed by atoms with Crippen LogP contribution in [0, 0.1) is 5.41 Å². The predicted molar refractivity (Wildman–Crippen MR) is 69.0 cm³/mol. The van der Waals surface area contributed by atoms with Crippen molar-refractivity contribution in [2.24, 2.45) is 5.41 Å². The second kappa shape index (κ2) is 5.21. The van der Waals surface area contributed by atoms with Crippen molar-refractivity contribution in [2.45, 2.75) is 33.7 Å². The maximum Gasteiger partial charge on any atom is 0.225 e. The van der Waals surface area contributed by atoms with Gasteiger partial charge in [0.1, 0.15) is 5.75 Å². The van der Waals surface area contributed by atoms with Gasteiger partial charge in [-0.15, -0.1) is 0 Å². The average Bonchev–Trinajstić information content (AvgIpc) is 2.27. The van der Waals surface area contributed by atoms with Crippen LogP contribution in [-0.2, 0) is 4.79 Å². The van der Waals surface area contributed by atoms with Gasteiger partial charge in [-0.2, -0.15) is 0 Å². The molecule has 0 saturated carbocycles. The van der Waals surface area contributed by atoms with Crippen molar-refractivity contribution in [3.63, 3.8) is 0 Å². The van der Waals surface area contributed by atoms with Crippen LogP contribution in [0.5, 0.6) is 5.75 Å². The Morgan fingerprint density at radius 2 is 2.00 bits per heavy atom. The van der Waals surface area contributed by atoms with Crippen LogP contribution in [0.4, 0.5) is 0 Å². The number of benzene rings is 1. The Kier molecular flexibility index (Phi) is 4.16. The molecule has 0 aliphatic heterocycles. The maximum atomic E-state index is 11.9. The number of carbonyl (C=O) groups excluding carboxylic acids is 1. The van der Waals surface area contributed by atoms with Crippen LogP contribution in [0.15, 0.2) is 24.3 Å². The first-order valence-electron chi connectivity index (χ1n) is 5.79. The number of nitrogens with one attached hydrogen (secondary N) is 1. The summed E-state index contributed by atoms with van der Waals surface area (Å²) in [7, 11) is 1.64. The molecule has 0 aliphatic rings. The van der Waals surface area contributed by atoms with E-state index in [-0.39, 0.29) is 17.4 Å². The Labute approximate surface area is 103 Å². The summed E-state index contributed by atoms with van der Waals surface area (Å²) in [5.74, 6) is 0.854. The second-order valence-electron chi connectivity index (χ2n) is 5.22. The third kappa shape index (κ3) is 3.77. The highest BCUT2D eigenvalue weighted by Crippen LogP contribution is 2.21. The summed E-state index contributed by atoms with van der Waals surface area (Å²) in [5, 5.41) is 2.99. The number of carbonyl (C=O) groups is 1. The molecule has 1 N–H and O–H groups in total. The van der Waals surface area contributed by atoms with Gasteiger partial charge in [-0.3, -0.25) is 4.79 Å². The fraction of sp³-hybridized carbons (Fsp3) is 0.500. The van der Waals surface area contributed by atoms with E-state index < -0.39 is 0 Å². The smallest absolute Gasteiger partial charge is 0.225 e. The van der Waals surface area contributed by atoms with Gasteiger partial charge >= 0.3 is 0 Å². The molecular formula is C14H21NO2. The van der Waals surface area contributed by atoms with Gasteiger partial charge < -0.3 is 10.1 Å². The summed E-state index contributed by atoms with van der Waals surface area (Å²) in [4.78, 5) is 11.9. The second-order valence-corrected chi connectivity index (χ2v) is 5.22. The van der Waals surface area contributed by atoms with E-state index in [0.717, 1.165) is 11.3 Å². The molecule has 1 aromatic rings. The SMILES string of the molecule is COc1cccc(C(C)NC(=O)C(C)(C)C)c1. The first-order valence-corrected chi connectivity index (χ1v) is 5.79. The van der Waals surface area contributed by atoms with Crippen molar-refractivity contribution in [3.05, 3.63) is 29.8 Å². The van der Waals surface area contributed by atoms with Gasteiger partial charge in [0.2, 0.25) is 5.91 Å². The molecule has 94 valence electrons. The van der Waals surface area contributed by atoms with Crippen molar-refractivity contribution in [1.29, 1.82) is 0 Å². The van der Waals surface area contributed by atoms with E-state index in [2.05, 4.69) is 5.32 Å². The molecule has 0 fully saturated rings. The number of methoxy groups -OCH3 is 1. The minimum Gasteiger partial charge on any atom is -0.497 e. The normalized spacial score (nSPS) is 13.0. The number of hydrogen-bond donors (Lipinski definition) is 1. The van der Waals surface area contributed by atoms with E-state index in [1.54, 1.807) is 7.11 Å². The number of amides is 1. The standard InChI is InChI=1S/C14H21NO2/c1-10(15-13(16)14(2,3)4)11-7-6-8-12(9-11)17-5/h6-10H,1-5H3,(H,15,16). The van der Waals surface area contributed by atoms with Gasteiger partial charge in [-0.05, 0) is 24.6 Å². The first-order chi connectivity index (χ1) is 7.84. The Balaban J connectivity index is 2.76. The molecule has 17 heavy (non-hydrogen) atoms. The van der Waals surface area contributed by atoms with Crippen molar-refractivity contribution in [2.75, 3.05) is 7.11 Å². The Morgan fingerprint density at radius 1 is 1.35 bits per heavy atom. The number of ether oxygens (including phenoxy) is 1. The van der Waals surface area contributed by atoms with Gasteiger partial charge in [-0.1, -0.05) is 32.9 Å². The Hall–Kier alpha value is -1.51. The van der Waals surface area contributed by atoms with Crippen LogP contribution in [0.2, 0.25) is 0 Å². The van der Waals surface area contributed by atoms with E-state index in [1.807, 2.05) is 52.0 Å². The molecule has 1 unspecified atom stereocenters. The maximum absolute atomic E-state index is 11.9. The van der Waals surface area contributed by atoms with Crippen molar-refractivity contribution >= 4 is 5.91 Å². The zero-order valence-corrected chi connectivity index (χ0v) is 11.2. The summed E-state index contributed by atoms with van der Waals surface area (Å²) >= 11 is 0. The van der Waals surface area contributed by atoms with Crippen molar-refractivity contribution < 1.29 is 9.53 Å². The fourth-order valence-corrected chi connectivity index (χ4v) is 1.41. The minimum atomic E-state index is -0.368. The lowest BCUT2D eigenvalue weighted by Gasteiger charge is -2.22. The van der Waals surface area contributed by atoms with Crippen LogP contribution in [0.25, 0.3) is 0 Å². The fourth-order valence-electron chi connectivity index (χ4n) is 1.41. The van der Waals surface area contributed by atoms with Crippen LogP contribution < -0.4 is 10.1 Å². The van der Waals surface area contributed by atoms with Gasteiger partial charge in [0.25, 0.3) is 0 Å².